The fourth-order valence-corrected chi connectivity index (χ4v) is 4.50. The van der Waals surface area contributed by atoms with Crippen LogP contribution in [0.1, 0.15) is 24.0 Å². The van der Waals surface area contributed by atoms with E-state index in [0.717, 1.165) is 23.2 Å². The van der Waals surface area contributed by atoms with Crippen molar-refractivity contribution < 1.29 is 0 Å². The summed E-state index contributed by atoms with van der Waals surface area (Å²) >= 11 is 1.55. The van der Waals surface area contributed by atoms with E-state index in [-0.39, 0.29) is 0 Å². The fourth-order valence-electron chi connectivity index (χ4n) is 3.79. The lowest BCUT2D eigenvalue weighted by Crippen LogP contribution is -2.07. The van der Waals surface area contributed by atoms with Crippen molar-refractivity contribution in [1.82, 2.24) is 15.0 Å². The number of nitrogen functional groups attached to an aromatic ring is 1. The van der Waals surface area contributed by atoms with Crippen LogP contribution in [0.15, 0.2) is 30.6 Å². The highest BCUT2D eigenvalue weighted by Crippen LogP contribution is 2.39. The number of benzene rings is 1. The Hall–Kier alpha value is -2.40. The Kier molecular flexibility index (Phi) is 2.73. The number of aromatic nitrogens is 3. The number of aryl methyl sites for hydroxylation is 1. The summed E-state index contributed by atoms with van der Waals surface area (Å²) in [6.45, 7) is 0. The highest BCUT2D eigenvalue weighted by Gasteiger charge is 2.21. The lowest BCUT2D eigenvalue weighted by Gasteiger charge is -2.22. The zero-order chi connectivity index (χ0) is 15.4. The van der Waals surface area contributed by atoms with E-state index in [9.17, 15) is 0 Å². The molecular formula is C18H16N4S. The Morgan fingerprint density at radius 2 is 1.91 bits per heavy atom. The second-order valence-corrected chi connectivity index (χ2v) is 7.15. The van der Waals surface area contributed by atoms with Gasteiger partial charge < -0.3 is 10.7 Å². The number of nitrogens with one attached hydrogen (secondary N) is 1. The Morgan fingerprint density at radius 3 is 2.74 bits per heavy atom. The number of pyridine rings is 1. The van der Waals surface area contributed by atoms with E-state index < -0.39 is 0 Å². The summed E-state index contributed by atoms with van der Waals surface area (Å²) < 4.78 is 0. The summed E-state index contributed by atoms with van der Waals surface area (Å²) in [5.74, 6) is 0. The monoisotopic (exact) mass is 320 g/mol. The number of hydrogen-bond donors (Lipinski definition) is 2. The van der Waals surface area contributed by atoms with Crippen molar-refractivity contribution in [1.29, 1.82) is 0 Å². The third kappa shape index (κ3) is 1.90. The molecule has 0 saturated carbocycles. The number of H-pyrrole nitrogens is 1. The van der Waals surface area contributed by atoms with Crippen LogP contribution in [0.2, 0.25) is 0 Å². The molecule has 114 valence electrons. The molecule has 0 spiro atoms. The second-order valence-electron chi connectivity index (χ2n) is 6.09. The molecule has 1 aromatic carbocycles. The van der Waals surface area contributed by atoms with Gasteiger partial charge in [0.2, 0.25) is 0 Å². The number of nitrogens with two attached hydrogens (primary N) is 1. The molecule has 3 aromatic heterocycles. The molecule has 0 aliphatic heterocycles. The van der Waals surface area contributed by atoms with E-state index in [0.29, 0.717) is 5.13 Å². The van der Waals surface area contributed by atoms with Crippen molar-refractivity contribution >= 4 is 38.3 Å². The first kappa shape index (κ1) is 13.1. The molecule has 0 atom stereocenters. The van der Waals surface area contributed by atoms with Gasteiger partial charge in [-0.05, 0) is 55.0 Å². The Balaban J connectivity index is 1.92. The van der Waals surface area contributed by atoms with E-state index in [1.807, 2.05) is 12.4 Å². The molecular weight excluding hydrogens is 304 g/mol. The largest absolute Gasteiger partial charge is 0.375 e. The van der Waals surface area contributed by atoms with Crippen molar-refractivity contribution in [3.63, 3.8) is 0 Å². The minimum Gasteiger partial charge on any atom is -0.375 e. The first-order valence-corrected chi connectivity index (χ1v) is 8.76. The van der Waals surface area contributed by atoms with Crippen LogP contribution < -0.4 is 5.73 Å². The highest BCUT2D eigenvalue weighted by atomic mass is 32.1. The average Bonchev–Trinajstić information content (AvgIpc) is 3.22. The second kappa shape index (κ2) is 4.80. The minimum absolute atomic E-state index is 0.619. The van der Waals surface area contributed by atoms with Gasteiger partial charge in [-0.25, -0.2) is 4.98 Å². The van der Waals surface area contributed by atoms with E-state index in [4.69, 9.17) is 5.73 Å². The van der Waals surface area contributed by atoms with Gasteiger partial charge in [0, 0.05) is 28.7 Å². The maximum atomic E-state index is 5.85. The lowest BCUT2D eigenvalue weighted by atomic mass is 9.86. The predicted octanol–water partition coefficient (Wildman–Crippen LogP) is 4.30. The van der Waals surface area contributed by atoms with Gasteiger partial charge in [-0.3, -0.25) is 4.98 Å². The van der Waals surface area contributed by atoms with Crippen LogP contribution in [0.5, 0.6) is 0 Å². The van der Waals surface area contributed by atoms with Crippen molar-refractivity contribution in [2.24, 2.45) is 0 Å². The number of nitrogens with zero attached hydrogens (tertiary/aromatic N) is 2. The number of hydrogen-bond acceptors (Lipinski definition) is 4. The summed E-state index contributed by atoms with van der Waals surface area (Å²) in [6, 6.07) is 6.37. The van der Waals surface area contributed by atoms with Gasteiger partial charge >= 0.3 is 0 Å². The topological polar surface area (TPSA) is 67.6 Å². The van der Waals surface area contributed by atoms with E-state index in [2.05, 4.69) is 33.2 Å². The van der Waals surface area contributed by atoms with Crippen molar-refractivity contribution in [2.45, 2.75) is 25.7 Å². The maximum absolute atomic E-state index is 5.85. The van der Waals surface area contributed by atoms with Gasteiger partial charge in [-0.2, -0.15) is 0 Å². The summed E-state index contributed by atoms with van der Waals surface area (Å²) in [4.78, 5) is 13.5. The van der Waals surface area contributed by atoms with Gasteiger partial charge in [-0.15, -0.1) is 0 Å². The predicted molar refractivity (Wildman–Crippen MR) is 95.8 cm³/mol. The molecule has 3 heterocycles. The molecule has 0 saturated heterocycles. The first-order valence-electron chi connectivity index (χ1n) is 7.94. The summed E-state index contributed by atoms with van der Waals surface area (Å²) in [5, 5.41) is 3.22. The quantitative estimate of drug-likeness (QED) is 0.549. The van der Waals surface area contributed by atoms with Crippen LogP contribution >= 0.6 is 11.3 Å². The molecule has 23 heavy (non-hydrogen) atoms. The molecule has 0 bridgehead atoms. The standard InChI is InChI=1S/C18H16N4S/c19-18-21-9-15(23-18)17-11-4-2-1-3-10(11)16-12-7-8-20-13(12)5-6-14(16)22-17/h5-9,22H,1-4H2,(H2,19,21). The number of anilines is 1. The Morgan fingerprint density at radius 1 is 1.04 bits per heavy atom. The van der Waals surface area contributed by atoms with Gasteiger partial charge in [0.1, 0.15) is 0 Å². The van der Waals surface area contributed by atoms with Crippen LogP contribution in [0.3, 0.4) is 0 Å². The molecule has 0 unspecified atom stereocenters. The van der Waals surface area contributed by atoms with Crippen LogP contribution in [-0.4, -0.2) is 15.0 Å². The van der Waals surface area contributed by atoms with Crippen molar-refractivity contribution in [3.05, 3.63) is 41.7 Å². The van der Waals surface area contributed by atoms with Crippen molar-refractivity contribution in [2.75, 3.05) is 5.73 Å². The summed E-state index contributed by atoms with van der Waals surface area (Å²) in [7, 11) is 0. The number of rotatable bonds is 1. The van der Waals surface area contributed by atoms with E-state index >= 15 is 0 Å². The number of aromatic amines is 1. The smallest absolute Gasteiger partial charge is 0.180 e. The van der Waals surface area contributed by atoms with Crippen LogP contribution in [-0.2, 0) is 12.8 Å². The third-order valence-electron chi connectivity index (χ3n) is 4.78. The Labute approximate surface area is 137 Å². The molecule has 3 N–H and O–H groups in total. The summed E-state index contributed by atoms with van der Waals surface area (Å²) in [5.41, 5.74) is 12.2. The normalized spacial score (nSPS) is 14.4. The molecule has 0 amide bonds. The van der Waals surface area contributed by atoms with E-state index in [1.54, 1.807) is 11.3 Å². The molecule has 1 aliphatic rings. The molecule has 5 heteroatoms. The van der Waals surface area contributed by atoms with E-state index in [1.165, 1.54) is 46.0 Å². The minimum atomic E-state index is 0.619. The van der Waals surface area contributed by atoms with Crippen LogP contribution in [0.25, 0.3) is 32.4 Å². The fraction of sp³-hybridized carbons (Fsp3) is 0.222. The molecule has 1 aliphatic carbocycles. The highest BCUT2D eigenvalue weighted by molar-refractivity contribution is 7.18. The van der Waals surface area contributed by atoms with Crippen LogP contribution in [0, 0.1) is 0 Å². The molecule has 4 aromatic rings. The Bertz CT molecular complexity index is 1040. The lowest BCUT2D eigenvalue weighted by molar-refractivity contribution is 0.689. The zero-order valence-electron chi connectivity index (χ0n) is 12.6. The molecule has 4 nitrogen and oxygen atoms in total. The molecule has 5 rings (SSSR count). The van der Waals surface area contributed by atoms with Gasteiger partial charge in [0.25, 0.3) is 0 Å². The van der Waals surface area contributed by atoms with Gasteiger partial charge in [-0.1, -0.05) is 11.3 Å². The SMILES string of the molecule is Nc1ncc(-c2[nH]c3ccc4nccc4c3c3c2CCCC3)s1. The van der Waals surface area contributed by atoms with Crippen molar-refractivity contribution in [3.8, 4) is 10.6 Å². The maximum Gasteiger partial charge on any atom is 0.180 e. The van der Waals surface area contributed by atoms with Crippen LogP contribution in [0.4, 0.5) is 5.13 Å². The van der Waals surface area contributed by atoms with Gasteiger partial charge in [0.15, 0.2) is 5.13 Å². The number of thiazole rings is 1. The third-order valence-corrected chi connectivity index (χ3v) is 5.62. The average molecular weight is 320 g/mol. The first-order chi connectivity index (χ1) is 11.3. The number of fused-ring (bicyclic) bond motifs is 5. The van der Waals surface area contributed by atoms with Gasteiger partial charge in [0.05, 0.1) is 16.1 Å². The summed E-state index contributed by atoms with van der Waals surface area (Å²) in [6.07, 6.45) is 8.52. The zero-order valence-corrected chi connectivity index (χ0v) is 13.4. The molecule has 0 fully saturated rings. The molecule has 0 radical (unpaired) electrons.